The lowest BCUT2D eigenvalue weighted by Gasteiger charge is -2.29. The van der Waals surface area contributed by atoms with Gasteiger partial charge >= 0.3 is 0 Å². The number of hydrogen-bond acceptors (Lipinski definition) is 2. The van der Waals surface area contributed by atoms with E-state index in [0.717, 1.165) is 6.54 Å². The number of allylic oxidation sites excluding steroid dienone is 2. The average Bonchev–Trinajstić information content (AvgIpc) is 2.18. The van der Waals surface area contributed by atoms with Gasteiger partial charge in [-0.05, 0) is 52.7 Å². The Hall–Kier alpha value is -0.760. The summed E-state index contributed by atoms with van der Waals surface area (Å²) < 4.78 is 0. The third kappa shape index (κ3) is 3.54. The van der Waals surface area contributed by atoms with E-state index in [2.05, 4.69) is 55.2 Å². The predicted octanol–water partition coefficient (Wildman–Crippen LogP) is 2.10. The molecule has 0 N–H and O–H groups in total. The summed E-state index contributed by atoms with van der Waals surface area (Å²) >= 11 is 0. The summed E-state index contributed by atoms with van der Waals surface area (Å²) in [4.78, 5) is 4.65. The molecule has 1 aliphatic rings. The van der Waals surface area contributed by atoms with Gasteiger partial charge in [-0.25, -0.2) is 0 Å². The topological polar surface area (TPSA) is 6.48 Å². The molecule has 0 saturated carbocycles. The molecular formula is C12H22N2. The molecule has 0 amide bonds. The van der Waals surface area contributed by atoms with E-state index in [-0.39, 0.29) is 0 Å². The molecule has 0 spiro atoms. The fourth-order valence-electron chi connectivity index (χ4n) is 1.79. The molecule has 0 aromatic heterocycles. The first kappa shape index (κ1) is 11.3. The largest absolute Gasteiger partial charge is 0.371 e. The molecular weight excluding hydrogens is 172 g/mol. The molecule has 0 fully saturated rings. The van der Waals surface area contributed by atoms with E-state index < -0.39 is 0 Å². The Morgan fingerprint density at radius 1 is 1.29 bits per heavy atom. The molecule has 0 bridgehead atoms. The van der Waals surface area contributed by atoms with Crippen LogP contribution < -0.4 is 0 Å². The summed E-state index contributed by atoms with van der Waals surface area (Å²) in [6.07, 6.45) is 11.3. The van der Waals surface area contributed by atoms with Gasteiger partial charge in [0.05, 0.1) is 0 Å². The third-order valence-electron chi connectivity index (χ3n) is 2.62. The van der Waals surface area contributed by atoms with Crippen molar-refractivity contribution < 1.29 is 0 Å². The van der Waals surface area contributed by atoms with Crippen LogP contribution >= 0.6 is 0 Å². The molecule has 1 aliphatic heterocycles. The first-order valence-electron chi connectivity index (χ1n) is 5.49. The molecule has 2 heteroatoms. The molecule has 1 unspecified atom stereocenters. The Morgan fingerprint density at radius 3 is 2.71 bits per heavy atom. The zero-order valence-electron chi connectivity index (χ0n) is 9.61. The standard InChI is InChI=1S/C12H22N2/c1-4-14-11-6-5-8-12(14)9-7-10-13(2)3/h5-6,8,11-12H,4,7,9-10H2,1-3H3. The average molecular weight is 194 g/mol. The van der Waals surface area contributed by atoms with Crippen LogP contribution in [0.1, 0.15) is 19.8 Å². The van der Waals surface area contributed by atoms with E-state index in [0.29, 0.717) is 6.04 Å². The first-order valence-corrected chi connectivity index (χ1v) is 5.49. The smallest absolute Gasteiger partial charge is 0.0470 e. The van der Waals surface area contributed by atoms with Crippen molar-refractivity contribution in [2.45, 2.75) is 25.8 Å². The van der Waals surface area contributed by atoms with Crippen molar-refractivity contribution in [3.8, 4) is 0 Å². The van der Waals surface area contributed by atoms with Crippen molar-refractivity contribution in [3.05, 3.63) is 24.4 Å². The molecule has 80 valence electrons. The van der Waals surface area contributed by atoms with E-state index in [9.17, 15) is 0 Å². The van der Waals surface area contributed by atoms with Gasteiger partial charge in [-0.2, -0.15) is 0 Å². The van der Waals surface area contributed by atoms with Gasteiger partial charge < -0.3 is 9.80 Å². The molecule has 2 nitrogen and oxygen atoms in total. The number of hydrogen-bond donors (Lipinski definition) is 0. The molecule has 0 aliphatic carbocycles. The number of likely N-dealkylation sites (N-methyl/N-ethyl adjacent to an activating group) is 1. The van der Waals surface area contributed by atoms with Gasteiger partial charge in [0.25, 0.3) is 0 Å². The monoisotopic (exact) mass is 194 g/mol. The van der Waals surface area contributed by atoms with Crippen LogP contribution in [-0.4, -0.2) is 43.0 Å². The van der Waals surface area contributed by atoms with Crippen molar-refractivity contribution in [2.75, 3.05) is 27.2 Å². The fraction of sp³-hybridized carbons (Fsp3) is 0.667. The maximum absolute atomic E-state index is 2.40. The Labute approximate surface area is 87.9 Å². The first-order chi connectivity index (χ1) is 6.74. The van der Waals surface area contributed by atoms with Crippen molar-refractivity contribution in [1.29, 1.82) is 0 Å². The fourth-order valence-corrected chi connectivity index (χ4v) is 1.79. The SMILES string of the molecule is CCN1C=CC=CC1CCCN(C)C. The minimum absolute atomic E-state index is 0.616. The van der Waals surface area contributed by atoms with Gasteiger partial charge in [0.1, 0.15) is 0 Å². The van der Waals surface area contributed by atoms with Crippen LogP contribution in [0.5, 0.6) is 0 Å². The van der Waals surface area contributed by atoms with E-state index in [4.69, 9.17) is 0 Å². The normalized spacial score (nSPS) is 20.9. The summed E-state index contributed by atoms with van der Waals surface area (Å²) in [5, 5.41) is 0. The van der Waals surface area contributed by atoms with Gasteiger partial charge in [0.15, 0.2) is 0 Å². The summed E-state index contributed by atoms with van der Waals surface area (Å²) in [6.45, 7) is 4.50. The molecule has 0 aromatic rings. The molecule has 1 heterocycles. The molecule has 0 radical (unpaired) electrons. The van der Waals surface area contributed by atoms with Crippen LogP contribution in [0.3, 0.4) is 0 Å². The van der Waals surface area contributed by atoms with Gasteiger partial charge in [-0.15, -0.1) is 0 Å². The van der Waals surface area contributed by atoms with Crippen LogP contribution in [0, 0.1) is 0 Å². The Kier molecular flexibility index (Phi) is 4.74. The Balaban J connectivity index is 2.28. The zero-order chi connectivity index (χ0) is 10.4. The van der Waals surface area contributed by atoms with Crippen LogP contribution in [0.25, 0.3) is 0 Å². The molecule has 1 atom stereocenters. The highest BCUT2D eigenvalue weighted by Crippen LogP contribution is 2.13. The summed E-state index contributed by atoms with van der Waals surface area (Å²) in [5.74, 6) is 0. The highest BCUT2D eigenvalue weighted by atomic mass is 15.1. The highest BCUT2D eigenvalue weighted by Gasteiger charge is 2.11. The molecule has 0 saturated heterocycles. The van der Waals surface area contributed by atoms with Crippen LogP contribution in [0.4, 0.5) is 0 Å². The predicted molar refractivity (Wildman–Crippen MR) is 62.2 cm³/mol. The highest BCUT2D eigenvalue weighted by molar-refractivity contribution is 5.12. The number of nitrogens with zero attached hydrogens (tertiary/aromatic N) is 2. The summed E-state index contributed by atoms with van der Waals surface area (Å²) in [7, 11) is 4.27. The van der Waals surface area contributed by atoms with Crippen LogP contribution in [-0.2, 0) is 0 Å². The summed E-state index contributed by atoms with van der Waals surface area (Å²) in [6, 6.07) is 0.616. The van der Waals surface area contributed by atoms with Crippen LogP contribution in [0.15, 0.2) is 24.4 Å². The quantitative estimate of drug-likeness (QED) is 0.661. The Bertz CT molecular complexity index is 206. The second-order valence-corrected chi connectivity index (χ2v) is 4.07. The zero-order valence-corrected chi connectivity index (χ0v) is 9.61. The maximum Gasteiger partial charge on any atom is 0.0470 e. The van der Waals surface area contributed by atoms with E-state index >= 15 is 0 Å². The maximum atomic E-state index is 2.40. The summed E-state index contributed by atoms with van der Waals surface area (Å²) in [5.41, 5.74) is 0. The number of rotatable bonds is 5. The van der Waals surface area contributed by atoms with Gasteiger partial charge in [0.2, 0.25) is 0 Å². The lowest BCUT2D eigenvalue weighted by molar-refractivity contribution is 0.296. The van der Waals surface area contributed by atoms with Gasteiger partial charge in [0, 0.05) is 12.6 Å². The minimum atomic E-state index is 0.616. The van der Waals surface area contributed by atoms with E-state index in [1.165, 1.54) is 19.4 Å². The van der Waals surface area contributed by atoms with Crippen molar-refractivity contribution in [3.63, 3.8) is 0 Å². The van der Waals surface area contributed by atoms with E-state index in [1.807, 2.05) is 0 Å². The van der Waals surface area contributed by atoms with Crippen LogP contribution in [0.2, 0.25) is 0 Å². The van der Waals surface area contributed by atoms with Gasteiger partial charge in [-0.1, -0.05) is 12.2 Å². The lowest BCUT2D eigenvalue weighted by Crippen LogP contribution is -2.31. The van der Waals surface area contributed by atoms with E-state index in [1.54, 1.807) is 0 Å². The van der Waals surface area contributed by atoms with Crippen molar-refractivity contribution >= 4 is 0 Å². The van der Waals surface area contributed by atoms with Crippen molar-refractivity contribution in [1.82, 2.24) is 9.80 Å². The third-order valence-corrected chi connectivity index (χ3v) is 2.62. The minimum Gasteiger partial charge on any atom is -0.371 e. The lowest BCUT2D eigenvalue weighted by atomic mass is 10.1. The molecule has 14 heavy (non-hydrogen) atoms. The second kappa shape index (κ2) is 5.86. The van der Waals surface area contributed by atoms with Gasteiger partial charge in [-0.3, -0.25) is 0 Å². The molecule has 0 aromatic carbocycles. The second-order valence-electron chi connectivity index (χ2n) is 4.07. The van der Waals surface area contributed by atoms with Crippen molar-refractivity contribution in [2.24, 2.45) is 0 Å². The molecule has 1 rings (SSSR count). The Morgan fingerprint density at radius 2 is 2.07 bits per heavy atom.